The highest BCUT2D eigenvalue weighted by Crippen LogP contribution is 2.32. The topological polar surface area (TPSA) is 66.5 Å². The molecule has 0 aliphatic carbocycles. The van der Waals surface area contributed by atoms with Gasteiger partial charge in [0.05, 0.1) is 10.6 Å². The Morgan fingerprint density at radius 2 is 1.60 bits per heavy atom. The van der Waals surface area contributed by atoms with E-state index in [9.17, 15) is 13.2 Å². The molecule has 154 valence electrons. The normalized spacial score (nSPS) is 13.4. The van der Waals surface area contributed by atoms with E-state index in [0.29, 0.717) is 30.1 Å². The molecule has 30 heavy (non-hydrogen) atoms. The maximum absolute atomic E-state index is 13.1. The van der Waals surface area contributed by atoms with Crippen molar-refractivity contribution < 1.29 is 13.2 Å². The van der Waals surface area contributed by atoms with E-state index < -0.39 is 10.0 Å². The molecule has 1 amide bonds. The van der Waals surface area contributed by atoms with Gasteiger partial charge in [0.15, 0.2) is 0 Å². The summed E-state index contributed by atoms with van der Waals surface area (Å²) in [6, 6.07) is 21.4. The van der Waals surface area contributed by atoms with Gasteiger partial charge in [-0.05, 0) is 65.9 Å². The SMILES string of the molecule is CC(C)c1ccc(C(=O)Nc2ccc(S(=O)(=O)N3CCc4ccccc43)cc2)cc1. The van der Waals surface area contributed by atoms with Gasteiger partial charge in [0, 0.05) is 17.8 Å². The molecule has 1 heterocycles. The highest BCUT2D eigenvalue weighted by molar-refractivity contribution is 7.92. The van der Waals surface area contributed by atoms with Gasteiger partial charge in [0.1, 0.15) is 0 Å². The molecule has 1 aliphatic rings. The van der Waals surface area contributed by atoms with Gasteiger partial charge in [-0.25, -0.2) is 8.42 Å². The molecule has 0 saturated carbocycles. The zero-order valence-corrected chi connectivity index (χ0v) is 17.8. The quantitative estimate of drug-likeness (QED) is 0.644. The summed E-state index contributed by atoms with van der Waals surface area (Å²) >= 11 is 0. The van der Waals surface area contributed by atoms with Crippen LogP contribution >= 0.6 is 0 Å². The summed E-state index contributed by atoms with van der Waals surface area (Å²) in [5, 5.41) is 2.82. The van der Waals surface area contributed by atoms with Gasteiger partial charge in [0.2, 0.25) is 0 Å². The van der Waals surface area contributed by atoms with Crippen LogP contribution < -0.4 is 9.62 Å². The van der Waals surface area contributed by atoms with Crippen LogP contribution in [0.1, 0.15) is 41.3 Å². The second-order valence-corrected chi connectivity index (χ2v) is 9.57. The third-order valence-electron chi connectivity index (χ3n) is 5.38. The summed E-state index contributed by atoms with van der Waals surface area (Å²) in [4.78, 5) is 12.7. The molecule has 0 aromatic heterocycles. The van der Waals surface area contributed by atoms with Crippen LogP contribution in [0.25, 0.3) is 0 Å². The number of benzene rings is 3. The number of nitrogens with one attached hydrogen (secondary N) is 1. The van der Waals surface area contributed by atoms with Gasteiger partial charge >= 0.3 is 0 Å². The van der Waals surface area contributed by atoms with Crippen LogP contribution in [0.3, 0.4) is 0 Å². The fraction of sp³-hybridized carbons (Fsp3) is 0.208. The lowest BCUT2D eigenvalue weighted by Gasteiger charge is -2.19. The maximum Gasteiger partial charge on any atom is 0.264 e. The van der Waals surface area contributed by atoms with Crippen molar-refractivity contribution in [2.75, 3.05) is 16.2 Å². The number of carbonyl (C=O) groups excluding carboxylic acids is 1. The molecular formula is C24H24N2O3S. The highest BCUT2D eigenvalue weighted by Gasteiger charge is 2.30. The second-order valence-electron chi connectivity index (χ2n) is 7.71. The number of hydrogen-bond donors (Lipinski definition) is 1. The smallest absolute Gasteiger partial charge is 0.264 e. The molecule has 0 atom stereocenters. The molecule has 1 aliphatic heterocycles. The molecule has 4 rings (SSSR count). The van der Waals surface area contributed by atoms with Gasteiger partial charge in [-0.15, -0.1) is 0 Å². The minimum atomic E-state index is -3.64. The number of amides is 1. The van der Waals surface area contributed by atoms with Crippen LogP contribution in [0.15, 0.2) is 77.7 Å². The van der Waals surface area contributed by atoms with Crippen molar-refractivity contribution in [3.05, 3.63) is 89.5 Å². The Morgan fingerprint density at radius 1 is 0.933 bits per heavy atom. The minimum absolute atomic E-state index is 0.207. The average Bonchev–Trinajstić information content (AvgIpc) is 3.19. The molecule has 3 aromatic carbocycles. The lowest BCUT2D eigenvalue weighted by molar-refractivity contribution is 0.102. The van der Waals surface area contributed by atoms with Crippen LogP contribution in [0, 0.1) is 0 Å². The fourth-order valence-electron chi connectivity index (χ4n) is 3.62. The van der Waals surface area contributed by atoms with Crippen molar-refractivity contribution in [2.45, 2.75) is 31.1 Å². The molecule has 0 fully saturated rings. The number of fused-ring (bicyclic) bond motifs is 1. The first kappa shape index (κ1) is 20.2. The monoisotopic (exact) mass is 420 g/mol. The molecule has 6 heteroatoms. The summed E-state index contributed by atoms with van der Waals surface area (Å²) in [5.41, 5.74) is 4.05. The Hall–Kier alpha value is -3.12. The van der Waals surface area contributed by atoms with Crippen molar-refractivity contribution in [3.63, 3.8) is 0 Å². The average molecular weight is 421 g/mol. The van der Waals surface area contributed by atoms with Crippen molar-refractivity contribution in [3.8, 4) is 0 Å². The summed E-state index contributed by atoms with van der Waals surface area (Å²) in [6.07, 6.45) is 0.707. The summed E-state index contributed by atoms with van der Waals surface area (Å²) in [7, 11) is -3.64. The molecule has 3 aromatic rings. The van der Waals surface area contributed by atoms with Crippen LogP contribution in [-0.4, -0.2) is 20.9 Å². The summed E-state index contributed by atoms with van der Waals surface area (Å²) in [6.45, 7) is 4.64. The van der Waals surface area contributed by atoms with E-state index in [1.54, 1.807) is 24.3 Å². The van der Waals surface area contributed by atoms with E-state index in [1.165, 1.54) is 22.0 Å². The molecule has 0 unspecified atom stereocenters. The number of carbonyl (C=O) groups is 1. The lowest BCUT2D eigenvalue weighted by atomic mass is 10.0. The molecule has 0 radical (unpaired) electrons. The van der Waals surface area contributed by atoms with Crippen LogP contribution in [0.2, 0.25) is 0 Å². The largest absolute Gasteiger partial charge is 0.322 e. The number of hydrogen-bond acceptors (Lipinski definition) is 3. The third kappa shape index (κ3) is 3.83. The van der Waals surface area contributed by atoms with Crippen molar-refractivity contribution in [2.24, 2.45) is 0 Å². The van der Waals surface area contributed by atoms with Crippen LogP contribution in [-0.2, 0) is 16.4 Å². The zero-order valence-electron chi connectivity index (χ0n) is 17.0. The van der Waals surface area contributed by atoms with Gasteiger partial charge < -0.3 is 5.32 Å². The number of nitrogens with zero attached hydrogens (tertiary/aromatic N) is 1. The van der Waals surface area contributed by atoms with Gasteiger partial charge in [-0.2, -0.15) is 0 Å². The Bertz CT molecular complexity index is 1170. The van der Waals surface area contributed by atoms with E-state index in [4.69, 9.17) is 0 Å². The summed E-state index contributed by atoms with van der Waals surface area (Å²) < 4.78 is 27.6. The Morgan fingerprint density at radius 3 is 2.27 bits per heavy atom. The maximum atomic E-state index is 13.1. The Balaban J connectivity index is 1.49. The first-order valence-electron chi connectivity index (χ1n) is 9.98. The number of para-hydroxylation sites is 1. The minimum Gasteiger partial charge on any atom is -0.322 e. The van der Waals surface area contributed by atoms with Gasteiger partial charge in [-0.3, -0.25) is 9.10 Å². The Kier molecular flexibility index (Phi) is 5.35. The molecular weight excluding hydrogens is 396 g/mol. The van der Waals surface area contributed by atoms with Crippen LogP contribution in [0.5, 0.6) is 0 Å². The molecule has 0 saturated heterocycles. The Labute approximate surface area is 177 Å². The number of rotatable bonds is 5. The molecule has 1 N–H and O–H groups in total. The van der Waals surface area contributed by atoms with Crippen molar-refractivity contribution in [1.82, 2.24) is 0 Å². The van der Waals surface area contributed by atoms with Crippen LogP contribution in [0.4, 0.5) is 11.4 Å². The summed E-state index contributed by atoms with van der Waals surface area (Å²) in [5.74, 6) is 0.175. The van der Waals surface area contributed by atoms with E-state index in [0.717, 1.165) is 11.3 Å². The van der Waals surface area contributed by atoms with Gasteiger partial charge in [0.25, 0.3) is 15.9 Å². The van der Waals surface area contributed by atoms with E-state index in [1.807, 2.05) is 36.4 Å². The molecule has 0 spiro atoms. The lowest BCUT2D eigenvalue weighted by Crippen LogP contribution is -2.29. The zero-order chi connectivity index (χ0) is 21.3. The third-order valence-corrected chi connectivity index (χ3v) is 7.21. The number of sulfonamides is 1. The highest BCUT2D eigenvalue weighted by atomic mass is 32.2. The molecule has 5 nitrogen and oxygen atoms in total. The van der Waals surface area contributed by atoms with Crippen molar-refractivity contribution >= 4 is 27.3 Å². The predicted octanol–water partition coefficient (Wildman–Crippen LogP) is 4.81. The van der Waals surface area contributed by atoms with E-state index in [-0.39, 0.29) is 10.8 Å². The first-order valence-corrected chi connectivity index (χ1v) is 11.4. The van der Waals surface area contributed by atoms with Gasteiger partial charge in [-0.1, -0.05) is 44.2 Å². The van der Waals surface area contributed by atoms with E-state index >= 15 is 0 Å². The predicted molar refractivity (Wildman–Crippen MR) is 120 cm³/mol. The first-order chi connectivity index (χ1) is 14.4. The standard InChI is InChI=1S/C24H24N2O3S/c1-17(2)18-7-9-20(10-8-18)24(27)25-21-11-13-22(14-12-21)30(28,29)26-16-15-19-5-3-4-6-23(19)26/h3-14,17H,15-16H2,1-2H3,(H,25,27). The van der Waals surface area contributed by atoms with Crippen molar-refractivity contribution in [1.29, 1.82) is 0 Å². The van der Waals surface area contributed by atoms with E-state index in [2.05, 4.69) is 19.2 Å². The fourth-order valence-corrected chi connectivity index (χ4v) is 5.12. The molecule has 0 bridgehead atoms. The number of anilines is 2. The second kappa shape index (κ2) is 7.95.